The predicted molar refractivity (Wildman–Crippen MR) is 115 cm³/mol. The Kier molecular flexibility index (Phi) is 5.79. The summed E-state index contributed by atoms with van der Waals surface area (Å²) in [5, 5.41) is 5.32. The number of nitrogens with one attached hydrogen (secondary N) is 2. The number of carbonyl (C=O) groups is 2. The summed E-state index contributed by atoms with van der Waals surface area (Å²) >= 11 is 12.0. The lowest BCUT2D eigenvalue weighted by Gasteiger charge is -2.37. The number of likely N-dealkylation sites (tertiary alicyclic amines) is 1. The van der Waals surface area contributed by atoms with Gasteiger partial charge in [-0.25, -0.2) is 10.4 Å². The van der Waals surface area contributed by atoms with E-state index in [4.69, 9.17) is 23.2 Å². The molecule has 2 aliphatic rings. The minimum Gasteiger partial charge on any atom is -0.326 e. The van der Waals surface area contributed by atoms with E-state index in [1.54, 1.807) is 23.2 Å². The number of piperidine rings is 1. The molecule has 2 fully saturated rings. The van der Waals surface area contributed by atoms with E-state index < -0.39 is 0 Å². The first-order valence-electron chi connectivity index (χ1n) is 9.61. The van der Waals surface area contributed by atoms with Crippen LogP contribution in [0.4, 0.5) is 11.4 Å². The number of benzene rings is 2. The molecule has 8 heteroatoms. The molecule has 0 aliphatic carbocycles. The molecule has 0 aromatic heterocycles. The zero-order chi connectivity index (χ0) is 20.5. The maximum absolute atomic E-state index is 13.1. The van der Waals surface area contributed by atoms with Gasteiger partial charge in [0.15, 0.2) is 0 Å². The molecule has 2 aromatic rings. The number of carbonyl (C=O) groups excluding carboxylic acids is 2. The third-order valence-electron chi connectivity index (χ3n) is 5.58. The van der Waals surface area contributed by atoms with Crippen molar-refractivity contribution in [2.75, 3.05) is 30.0 Å². The maximum atomic E-state index is 13.1. The summed E-state index contributed by atoms with van der Waals surface area (Å²) in [6, 6.07) is 14.2. The molecule has 152 valence electrons. The fourth-order valence-electron chi connectivity index (χ4n) is 4.02. The fourth-order valence-corrected chi connectivity index (χ4v) is 4.32. The molecule has 2 aliphatic heterocycles. The van der Waals surface area contributed by atoms with Gasteiger partial charge in [-0.05, 0) is 36.9 Å². The maximum Gasteiger partial charge on any atom is 0.247 e. The fraction of sp³-hybridized carbons (Fsp3) is 0.333. The second kappa shape index (κ2) is 8.32. The van der Waals surface area contributed by atoms with Crippen molar-refractivity contribution in [3.05, 3.63) is 58.6 Å². The van der Waals surface area contributed by atoms with Crippen LogP contribution in [-0.4, -0.2) is 42.4 Å². The zero-order valence-electron chi connectivity index (χ0n) is 15.9. The highest BCUT2D eigenvalue weighted by molar-refractivity contribution is 6.42. The molecule has 2 amide bonds. The van der Waals surface area contributed by atoms with E-state index in [1.165, 1.54) is 0 Å². The first-order chi connectivity index (χ1) is 14.0. The van der Waals surface area contributed by atoms with Crippen LogP contribution >= 0.6 is 23.2 Å². The number of amides is 2. The lowest BCUT2D eigenvalue weighted by atomic mass is 9.84. The zero-order valence-corrected chi connectivity index (χ0v) is 17.5. The molecule has 0 spiro atoms. The van der Waals surface area contributed by atoms with Crippen LogP contribution in [-0.2, 0) is 9.59 Å². The number of para-hydroxylation sites is 1. The summed E-state index contributed by atoms with van der Waals surface area (Å²) in [7, 11) is 0. The molecular formula is C21H22Cl2N4O2. The van der Waals surface area contributed by atoms with Crippen LogP contribution in [0.5, 0.6) is 0 Å². The molecule has 2 N–H and O–H groups in total. The Hall–Kier alpha value is -2.12. The van der Waals surface area contributed by atoms with Crippen LogP contribution < -0.4 is 15.8 Å². The molecule has 0 saturated carbocycles. The van der Waals surface area contributed by atoms with Crippen molar-refractivity contribution >= 4 is 46.4 Å². The number of hydrogen-bond acceptors (Lipinski definition) is 4. The molecule has 0 bridgehead atoms. The minimum absolute atomic E-state index is 0.00770. The lowest BCUT2D eigenvalue weighted by Crippen LogP contribution is -2.55. The van der Waals surface area contributed by atoms with Crippen LogP contribution in [0.2, 0.25) is 10.0 Å². The molecule has 3 atom stereocenters. The van der Waals surface area contributed by atoms with Gasteiger partial charge in [-0.2, -0.15) is 0 Å². The Morgan fingerprint density at radius 3 is 2.59 bits per heavy atom. The molecule has 6 nitrogen and oxygen atoms in total. The molecular weight excluding hydrogens is 411 g/mol. The van der Waals surface area contributed by atoms with Crippen LogP contribution in [0.15, 0.2) is 48.5 Å². The highest BCUT2D eigenvalue weighted by Gasteiger charge is 2.50. The van der Waals surface area contributed by atoms with E-state index in [0.29, 0.717) is 28.8 Å². The molecule has 4 rings (SSSR count). The third kappa shape index (κ3) is 3.98. The number of hydrogen-bond donors (Lipinski definition) is 2. The molecule has 2 saturated heterocycles. The second-order valence-electron chi connectivity index (χ2n) is 7.35. The van der Waals surface area contributed by atoms with Gasteiger partial charge in [0.2, 0.25) is 11.8 Å². The van der Waals surface area contributed by atoms with E-state index in [0.717, 1.165) is 12.2 Å². The molecule has 2 aromatic carbocycles. The summed E-state index contributed by atoms with van der Waals surface area (Å²) < 4.78 is 0. The minimum atomic E-state index is -0.388. The topological polar surface area (TPSA) is 64.7 Å². The normalized spacial score (nSPS) is 24.4. The van der Waals surface area contributed by atoms with Gasteiger partial charge in [-0.3, -0.25) is 9.59 Å². The summed E-state index contributed by atoms with van der Waals surface area (Å²) in [6.07, 6.45) is 0. The predicted octanol–water partition coefficient (Wildman–Crippen LogP) is 3.42. The van der Waals surface area contributed by atoms with Gasteiger partial charge in [0, 0.05) is 18.8 Å². The van der Waals surface area contributed by atoms with E-state index in [9.17, 15) is 9.59 Å². The standard InChI is InChI=1S/C21H22Cl2N4O2/c1-2-26-11-15(20(28)24-13-8-9-17(22)18(23)10-13)19-16(12-26)21(29)27(25-19)14-6-4-3-5-7-14/h3-10,15-16,19,25H,2,11-12H2,1H3,(H,24,28). The number of anilines is 2. The van der Waals surface area contributed by atoms with Crippen molar-refractivity contribution in [2.24, 2.45) is 11.8 Å². The monoisotopic (exact) mass is 432 g/mol. The third-order valence-corrected chi connectivity index (χ3v) is 6.32. The van der Waals surface area contributed by atoms with Crippen molar-refractivity contribution in [2.45, 2.75) is 13.0 Å². The number of rotatable bonds is 4. The van der Waals surface area contributed by atoms with Crippen LogP contribution in [0.3, 0.4) is 0 Å². The van der Waals surface area contributed by atoms with Gasteiger partial charge in [-0.15, -0.1) is 0 Å². The van der Waals surface area contributed by atoms with Gasteiger partial charge >= 0.3 is 0 Å². The smallest absolute Gasteiger partial charge is 0.247 e. The Morgan fingerprint density at radius 1 is 1.14 bits per heavy atom. The van der Waals surface area contributed by atoms with E-state index in [-0.39, 0.29) is 29.7 Å². The lowest BCUT2D eigenvalue weighted by molar-refractivity contribution is -0.126. The molecule has 29 heavy (non-hydrogen) atoms. The number of hydrazine groups is 1. The van der Waals surface area contributed by atoms with Gasteiger partial charge in [0.1, 0.15) is 0 Å². The number of fused-ring (bicyclic) bond motifs is 1. The average Bonchev–Trinajstić information content (AvgIpc) is 3.07. The molecule has 0 radical (unpaired) electrons. The van der Waals surface area contributed by atoms with E-state index in [2.05, 4.69) is 15.6 Å². The first kappa shape index (κ1) is 20.2. The van der Waals surface area contributed by atoms with Gasteiger partial charge < -0.3 is 10.2 Å². The molecule has 2 heterocycles. The van der Waals surface area contributed by atoms with Crippen molar-refractivity contribution in [1.29, 1.82) is 0 Å². The van der Waals surface area contributed by atoms with Crippen molar-refractivity contribution in [3.8, 4) is 0 Å². The highest BCUT2D eigenvalue weighted by Crippen LogP contribution is 2.33. The second-order valence-corrected chi connectivity index (χ2v) is 8.16. The van der Waals surface area contributed by atoms with Gasteiger partial charge in [-0.1, -0.05) is 48.3 Å². The summed E-state index contributed by atoms with van der Waals surface area (Å²) in [5.41, 5.74) is 4.65. The van der Waals surface area contributed by atoms with Crippen molar-refractivity contribution < 1.29 is 9.59 Å². The Balaban J connectivity index is 1.57. The summed E-state index contributed by atoms with van der Waals surface area (Å²) in [4.78, 5) is 28.4. The Bertz CT molecular complexity index is 924. The van der Waals surface area contributed by atoms with Crippen LogP contribution in [0.1, 0.15) is 6.92 Å². The Morgan fingerprint density at radius 2 is 1.90 bits per heavy atom. The quantitative estimate of drug-likeness (QED) is 0.776. The van der Waals surface area contributed by atoms with E-state index in [1.807, 2.05) is 37.3 Å². The van der Waals surface area contributed by atoms with Crippen LogP contribution in [0.25, 0.3) is 0 Å². The van der Waals surface area contributed by atoms with Crippen molar-refractivity contribution in [1.82, 2.24) is 10.3 Å². The number of halogens is 2. The number of nitrogens with zero attached hydrogens (tertiary/aromatic N) is 2. The van der Waals surface area contributed by atoms with Gasteiger partial charge in [0.25, 0.3) is 0 Å². The highest BCUT2D eigenvalue weighted by atomic mass is 35.5. The van der Waals surface area contributed by atoms with E-state index >= 15 is 0 Å². The Labute approximate surface area is 179 Å². The molecule has 3 unspecified atom stereocenters. The SMILES string of the molecule is CCN1CC(C(=O)Nc2ccc(Cl)c(Cl)c2)C2NN(c3ccccc3)C(=O)C2C1. The average molecular weight is 433 g/mol. The summed E-state index contributed by atoms with van der Waals surface area (Å²) in [6.45, 7) is 4.02. The van der Waals surface area contributed by atoms with Crippen LogP contribution in [0, 0.1) is 11.8 Å². The van der Waals surface area contributed by atoms with Crippen molar-refractivity contribution in [3.63, 3.8) is 0 Å². The largest absolute Gasteiger partial charge is 0.326 e. The summed E-state index contributed by atoms with van der Waals surface area (Å²) in [5.74, 6) is -0.826. The van der Waals surface area contributed by atoms with Gasteiger partial charge in [0.05, 0.1) is 33.6 Å². The first-order valence-corrected chi connectivity index (χ1v) is 10.4.